The molecule has 24 heavy (non-hydrogen) atoms. The Morgan fingerprint density at radius 2 is 1.88 bits per heavy atom. The average molecular weight is 366 g/mol. The van der Waals surface area contributed by atoms with Gasteiger partial charge < -0.3 is 24.9 Å². The van der Waals surface area contributed by atoms with Gasteiger partial charge in [-0.2, -0.15) is 0 Å². The summed E-state index contributed by atoms with van der Waals surface area (Å²) in [4.78, 5) is 9.64. The Morgan fingerprint density at radius 1 is 1.21 bits per heavy atom. The first kappa shape index (κ1) is 21.5. The Bertz CT molecular complexity index is 500. The third kappa shape index (κ3) is 7.13. The Kier molecular flexibility index (Phi) is 8.76. The zero-order chi connectivity index (χ0) is 18.3. The quantitative estimate of drug-likeness (QED) is 0.355. The molecule has 140 valence electrons. The third-order valence-corrected chi connectivity index (χ3v) is 4.45. The first-order chi connectivity index (χ1) is 11.2. The van der Waals surface area contributed by atoms with Gasteiger partial charge in [0.1, 0.15) is 18.3 Å². The molecule has 1 unspecified atom stereocenters. The van der Waals surface area contributed by atoms with Crippen LogP contribution >= 0.6 is 7.82 Å². The van der Waals surface area contributed by atoms with E-state index in [1.54, 1.807) is 6.08 Å². The van der Waals surface area contributed by atoms with Crippen LogP contribution in [0.2, 0.25) is 0 Å². The van der Waals surface area contributed by atoms with E-state index < -0.39 is 39.0 Å². The molecule has 0 aromatic rings. The van der Waals surface area contributed by atoms with Gasteiger partial charge in [0, 0.05) is 0 Å². The van der Waals surface area contributed by atoms with E-state index in [4.69, 9.17) is 18.9 Å². The summed E-state index contributed by atoms with van der Waals surface area (Å²) >= 11 is 0. The van der Waals surface area contributed by atoms with Crippen LogP contribution < -0.4 is 0 Å². The van der Waals surface area contributed by atoms with Crippen molar-refractivity contribution >= 4 is 7.82 Å². The average Bonchev–Trinajstić information content (AvgIpc) is 2.74. The summed E-state index contributed by atoms with van der Waals surface area (Å²) in [6.45, 7) is 5.22. The molecule has 1 aliphatic heterocycles. The van der Waals surface area contributed by atoms with Gasteiger partial charge in [-0.3, -0.25) is 9.05 Å². The Hall–Kier alpha value is -0.570. The first-order valence-corrected chi connectivity index (χ1v) is 9.23. The molecule has 0 aromatic heterocycles. The number of hydrogen-bond donors (Lipinski definition) is 4. The summed E-state index contributed by atoms with van der Waals surface area (Å²) in [7, 11) is -4.47. The predicted molar refractivity (Wildman–Crippen MR) is 87.0 cm³/mol. The predicted octanol–water partition coefficient (Wildman–Crippen LogP) is 1.25. The van der Waals surface area contributed by atoms with Gasteiger partial charge in [0.05, 0.1) is 13.2 Å². The number of allylic oxidation sites excluding steroid dienone is 3. The molecule has 1 saturated heterocycles. The van der Waals surface area contributed by atoms with Crippen LogP contribution in [-0.2, 0) is 18.3 Å². The lowest BCUT2D eigenvalue weighted by atomic mass is 10.1. The molecular weight excluding hydrogens is 339 g/mol. The summed E-state index contributed by atoms with van der Waals surface area (Å²) in [6, 6.07) is 0. The van der Waals surface area contributed by atoms with Crippen molar-refractivity contribution in [3.05, 3.63) is 23.3 Å². The van der Waals surface area contributed by atoms with Crippen LogP contribution in [0.25, 0.3) is 0 Å². The second-order valence-electron chi connectivity index (χ2n) is 5.95. The van der Waals surface area contributed by atoms with Crippen LogP contribution in [0, 0.1) is 0 Å². The van der Waals surface area contributed by atoms with Crippen molar-refractivity contribution in [1.82, 2.24) is 0 Å². The van der Waals surface area contributed by atoms with Gasteiger partial charge in [-0.25, -0.2) is 4.57 Å². The topological polar surface area (TPSA) is 126 Å². The lowest BCUT2D eigenvalue weighted by Gasteiger charge is -2.18. The lowest BCUT2D eigenvalue weighted by molar-refractivity contribution is -0.127. The van der Waals surface area contributed by atoms with Crippen molar-refractivity contribution in [3.8, 4) is 0 Å². The van der Waals surface area contributed by atoms with E-state index in [9.17, 15) is 19.7 Å². The van der Waals surface area contributed by atoms with Crippen molar-refractivity contribution in [2.24, 2.45) is 0 Å². The molecule has 4 N–H and O–H groups in total. The smallest absolute Gasteiger partial charge is 0.394 e. The maximum Gasteiger partial charge on any atom is 0.474 e. The highest BCUT2D eigenvalue weighted by Gasteiger charge is 2.46. The second kappa shape index (κ2) is 9.79. The van der Waals surface area contributed by atoms with Crippen LogP contribution in [0.3, 0.4) is 0 Å². The van der Waals surface area contributed by atoms with Crippen molar-refractivity contribution < 1.29 is 38.6 Å². The van der Waals surface area contributed by atoms with Gasteiger partial charge in [0.15, 0.2) is 6.29 Å². The Labute approximate surface area is 142 Å². The van der Waals surface area contributed by atoms with Gasteiger partial charge in [-0.05, 0) is 33.6 Å². The fourth-order valence-corrected chi connectivity index (χ4v) is 2.84. The van der Waals surface area contributed by atoms with Crippen LogP contribution in [0.1, 0.15) is 33.6 Å². The molecule has 8 nitrogen and oxygen atoms in total. The zero-order valence-corrected chi connectivity index (χ0v) is 15.1. The van der Waals surface area contributed by atoms with Gasteiger partial charge in [-0.1, -0.05) is 23.3 Å². The molecule has 9 heteroatoms. The lowest BCUT2D eigenvalue weighted by Crippen LogP contribution is -2.34. The summed E-state index contributed by atoms with van der Waals surface area (Å²) in [5.41, 5.74) is 2.23. The van der Waals surface area contributed by atoms with Crippen LogP contribution in [0.4, 0.5) is 0 Å². The number of phosphoric acid groups is 1. The number of ether oxygens (including phenoxy) is 1. The van der Waals surface area contributed by atoms with Crippen molar-refractivity contribution in [2.45, 2.75) is 58.2 Å². The third-order valence-electron chi connectivity index (χ3n) is 3.50. The molecule has 0 saturated carbocycles. The van der Waals surface area contributed by atoms with Crippen molar-refractivity contribution in [1.29, 1.82) is 0 Å². The maximum atomic E-state index is 11.8. The van der Waals surface area contributed by atoms with Crippen molar-refractivity contribution in [3.63, 3.8) is 0 Å². The molecule has 0 aromatic carbocycles. The number of rotatable bonds is 9. The molecule has 0 spiro atoms. The minimum Gasteiger partial charge on any atom is -0.394 e. The summed E-state index contributed by atoms with van der Waals surface area (Å²) in [5, 5.41) is 28.2. The van der Waals surface area contributed by atoms with E-state index in [-0.39, 0.29) is 6.61 Å². The molecule has 0 amide bonds. The summed E-state index contributed by atoms with van der Waals surface area (Å²) in [5.74, 6) is 0. The molecule has 0 radical (unpaired) electrons. The van der Waals surface area contributed by atoms with Gasteiger partial charge in [0.25, 0.3) is 0 Å². The van der Waals surface area contributed by atoms with E-state index in [0.717, 1.165) is 18.4 Å². The van der Waals surface area contributed by atoms with E-state index in [1.807, 2.05) is 20.8 Å². The molecule has 1 heterocycles. The molecule has 0 aliphatic carbocycles. The maximum absolute atomic E-state index is 11.8. The van der Waals surface area contributed by atoms with Crippen LogP contribution in [0.5, 0.6) is 0 Å². The van der Waals surface area contributed by atoms with Crippen molar-refractivity contribution in [2.75, 3.05) is 13.2 Å². The number of aliphatic hydroxyl groups is 3. The van der Waals surface area contributed by atoms with Crippen LogP contribution in [-0.4, -0.2) is 58.0 Å². The number of phosphoric ester groups is 1. The molecule has 0 bridgehead atoms. The summed E-state index contributed by atoms with van der Waals surface area (Å²) < 4.78 is 26.3. The SMILES string of the molecule is CC(C)=CCC/C(C)=C/COP(=O)(O)O[C@@H]1O[C@H](CO)[C@@H](O)[C@H]1O. The minimum absolute atomic E-state index is 0.136. The highest BCUT2D eigenvalue weighted by Crippen LogP contribution is 2.46. The van der Waals surface area contributed by atoms with E-state index in [1.165, 1.54) is 5.57 Å². The molecular formula is C15H27O8P. The molecule has 1 aliphatic rings. The minimum atomic E-state index is -4.47. The standard InChI is InChI=1S/C15H27O8P/c1-10(2)5-4-6-11(3)7-8-21-24(19,20)23-15-14(18)13(17)12(9-16)22-15/h5,7,12-18H,4,6,8-9H2,1-3H3,(H,19,20)/b11-7+/t12-,13-,14-,15+/m1/s1. The second-order valence-corrected chi connectivity index (χ2v) is 7.35. The number of hydrogen-bond acceptors (Lipinski definition) is 7. The monoisotopic (exact) mass is 366 g/mol. The van der Waals surface area contributed by atoms with E-state index in [0.29, 0.717) is 0 Å². The molecule has 1 fully saturated rings. The van der Waals surface area contributed by atoms with E-state index in [2.05, 4.69) is 6.08 Å². The van der Waals surface area contributed by atoms with Gasteiger partial charge in [-0.15, -0.1) is 0 Å². The van der Waals surface area contributed by atoms with Gasteiger partial charge in [0.2, 0.25) is 0 Å². The Morgan fingerprint density at radius 3 is 2.42 bits per heavy atom. The summed E-state index contributed by atoms with van der Waals surface area (Å²) in [6.07, 6.45) is -0.134. The van der Waals surface area contributed by atoms with E-state index >= 15 is 0 Å². The fraction of sp³-hybridized carbons (Fsp3) is 0.733. The molecule has 5 atom stereocenters. The highest BCUT2D eigenvalue weighted by molar-refractivity contribution is 7.47. The normalized spacial score (nSPS) is 30.2. The fourth-order valence-electron chi connectivity index (χ4n) is 2.08. The highest BCUT2D eigenvalue weighted by atomic mass is 31.2. The Balaban J connectivity index is 2.44. The zero-order valence-electron chi connectivity index (χ0n) is 14.2. The van der Waals surface area contributed by atoms with Crippen LogP contribution in [0.15, 0.2) is 23.3 Å². The number of aliphatic hydroxyl groups excluding tert-OH is 3. The molecule has 1 rings (SSSR count). The van der Waals surface area contributed by atoms with Gasteiger partial charge >= 0.3 is 7.82 Å². The first-order valence-electron chi connectivity index (χ1n) is 7.73. The largest absolute Gasteiger partial charge is 0.474 e.